The highest BCUT2D eigenvalue weighted by molar-refractivity contribution is 7.12. The number of fused-ring (bicyclic) bond motifs is 2. The van der Waals surface area contributed by atoms with Crippen LogP contribution in [0.4, 0.5) is 0 Å². The highest BCUT2D eigenvalue weighted by Gasteiger charge is 2.39. The van der Waals surface area contributed by atoms with Gasteiger partial charge in [0.25, 0.3) is 0 Å². The first-order chi connectivity index (χ1) is 10.1. The van der Waals surface area contributed by atoms with Gasteiger partial charge in [0.2, 0.25) is 0 Å². The summed E-state index contributed by atoms with van der Waals surface area (Å²) in [5.74, 6) is 2.01. The monoisotopic (exact) mass is 305 g/mol. The van der Waals surface area contributed by atoms with Gasteiger partial charge in [0.1, 0.15) is 0 Å². The predicted octanol–water partition coefficient (Wildman–Crippen LogP) is 3.71. The van der Waals surface area contributed by atoms with Crippen molar-refractivity contribution in [1.82, 2.24) is 4.90 Å². The van der Waals surface area contributed by atoms with E-state index >= 15 is 0 Å². The molecule has 1 heterocycles. The first-order valence-corrected chi connectivity index (χ1v) is 8.60. The molecule has 0 amide bonds. The molecule has 1 aromatic heterocycles. The minimum Gasteiger partial charge on any atom is -0.478 e. The summed E-state index contributed by atoms with van der Waals surface area (Å²) in [6, 6.07) is 4.12. The molecule has 3 nitrogen and oxygen atoms in total. The highest BCUT2D eigenvalue weighted by Crippen LogP contribution is 2.48. The number of thiophene rings is 1. The van der Waals surface area contributed by atoms with Crippen molar-refractivity contribution in [3.05, 3.63) is 28.0 Å². The second-order valence-corrected chi connectivity index (χ2v) is 7.81. The fourth-order valence-corrected chi connectivity index (χ4v) is 5.05. The van der Waals surface area contributed by atoms with E-state index in [0.717, 1.165) is 29.2 Å². The summed E-state index contributed by atoms with van der Waals surface area (Å²) in [5, 5.41) is 8.65. The lowest BCUT2D eigenvalue weighted by Crippen LogP contribution is -2.28. The maximum Gasteiger partial charge on any atom is 0.328 e. The number of carboxylic acids is 1. The van der Waals surface area contributed by atoms with Crippen molar-refractivity contribution in [2.24, 2.45) is 17.8 Å². The molecule has 2 aliphatic carbocycles. The van der Waals surface area contributed by atoms with Crippen LogP contribution in [0, 0.1) is 17.8 Å². The van der Waals surface area contributed by atoms with Gasteiger partial charge >= 0.3 is 5.97 Å². The smallest absolute Gasteiger partial charge is 0.328 e. The van der Waals surface area contributed by atoms with Gasteiger partial charge in [-0.2, -0.15) is 0 Å². The summed E-state index contributed by atoms with van der Waals surface area (Å²) in [7, 11) is 2.21. The van der Waals surface area contributed by atoms with Gasteiger partial charge in [-0.05, 0) is 62.3 Å². The molecule has 0 aliphatic heterocycles. The van der Waals surface area contributed by atoms with Crippen LogP contribution in [0.1, 0.15) is 35.4 Å². The van der Waals surface area contributed by atoms with Gasteiger partial charge in [0.15, 0.2) is 0 Å². The molecule has 0 aromatic carbocycles. The van der Waals surface area contributed by atoms with Crippen molar-refractivity contribution in [3.63, 3.8) is 0 Å². The third kappa shape index (κ3) is 3.74. The molecule has 2 bridgehead atoms. The molecule has 2 saturated carbocycles. The standard InChI is InChI=1S/C17H23NO2S/c1-18(10-14-9-12-2-3-13(14)8-12)11-16-5-4-15(21-16)6-7-17(19)20/h4-7,12-14H,2-3,8-11H2,1H3,(H,19,20). The summed E-state index contributed by atoms with van der Waals surface area (Å²) in [4.78, 5) is 15.3. The van der Waals surface area contributed by atoms with E-state index in [1.54, 1.807) is 17.4 Å². The van der Waals surface area contributed by atoms with Crippen molar-refractivity contribution < 1.29 is 9.90 Å². The fraction of sp³-hybridized carbons (Fsp3) is 0.588. The molecular formula is C17H23NO2S. The number of carboxylic acid groups (broad SMARTS) is 1. The zero-order chi connectivity index (χ0) is 14.8. The van der Waals surface area contributed by atoms with E-state index in [1.807, 2.05) is 6.07 Å². The quantitative estimate of drug-likeness (QED) is 0.814. The molecule has 0 saturated heterocycles. The Balaban J connectivity index is 1.50. The van der Waals surface area contributed by atoms with Crippen molar-refractivity contribution in [2.45, 2.75) is 32.2 Å². The van der Waals surface area contributed by atoms with Gasteiger partial charge in [-0.25, -0.2) is 4.79 Å². The maximum absolute atomic E-state index is 10.5. The van der Waals surface area contributed by atoms with Gasteiger partial charge in [-0.1, -0.05) is 6.42 Å². The number of nitrogens with zero attached hydrogens (tertiary/aromatic N) is 1. The van der Waals surface area contributed by atoms with Crippen LogP contribution in [0.2, 0.25) is 0 Å². The Hall–Kier alpha value is -1.13. The van der Waals surface area contributed by atoms with E-state index in [-0.39, 0.29) is 0 Å². The third-order valence-electron chi connectivity index (χ3n) is 4.93. The summed E-state index contributed by atoms with van der Waals surface area (Å²) in [6.07, 6.45) is 8.70. The zero-order valence-electron chi connectivity index (χ0n) is 12.5. The number of hydrogen-bond acceptors (Lipinski definition) is 3. The van der Waals surface area contributed by atoms with Gasteiger partial charge in [-0.15, -0.1) is 11.3 Å². The largest absolute Gasteiger partial charge is 0.478 e. The molecule has 21 heavy (non-hydrogen) atoms. The van der Waals surface area contributed by atoms with Crippen LogP contribution in [0.3, 0.4) is 0 Å². The Morgan fingerprint density at radius 1 is 1.43 bits per heavy atom. The van der Waals surface area contributed by atoms with E-state index in [4.69, 9.17) is 5.11 Å². The number of rotatable bonds is 6. The van der Waals surface area contributed by atoms with E-state index in [1.165, 1.54) is 43.2 Å². The van der Waals surface area contributed by atoms with Gasteiger partial charge < -0.3 is 10.0 Å². The fourth-order valence-electron chi connectivity index (χ4n) is 4.05. The summed E-state index contributed by atoms with van der Waals surface area (Å²) < 4.78 is 0. The normalized spacial score (nSPS) is 28.0. The Morgan fingerprint density at radius 3 is 2.95 bits per heavy atom. The van der Waals surface area contributed by atoms with Crippen LogP contribution in [-0.2, 0) is 11.3 Å². The van der Waals surface area contributed by atoms with Crippen LogP contribution in [0.15, 0.2) is 18.2 Å². The molecular weight excluding hydrogens is 282 g/mol. The number of hydrogen-bond donors (Lipinski definition) is 1. The van der Waals surface area contributed by atoms with Crippen LogP contribution in [-0.4, -0.2) is 29.6 Å². The Kier molecular flexibility index (Phi) is 4.45. The topological polar surface area (TPSA) is 40.5 Å². The van der Waals surface area contributed by atoms with Crippen molar-refractivity contribution >= 4 is 23.4 Å². The van der Waals surface area contributed by atoms with Crippen LogP contribution in [0.25, 0.3) is 6.08 Å². The van der Waals surface area contributed by atoms with E-state index in [9.17, 15) is 4.79 Å². The van der Waals surface area contributed by atoms with Crippen LogP contribution < -0.4 is 0 Å². The summed E-state index contributed by atoms with van der Waals surface area (Å²) in [6.45, 7) is 2.18. The molecule has 3 atom stereocenters. The molecule has 2 aliphatic rings. The lowest BCUT2D eigenvalue weighted by Gasteiger charge is -2.26. The minimum atomic E-state index is -0.890. The van der Waals surface area contributed by atoms with Crippen LogP contribution >= 0.6 is 11.3 Å². The molecule has 0 spiro atoms. The van der Waals surface area contributed by atoms with Crippen molar-refractivity contribution in [2.75, 3.05) is 13.6 Å². The molecule has 2 fully saturated rings. The molecule has 114 valence electrons. The van der Waals surface area contributed by atoms with Gasteiger partial charge in [0, 0.05) is 28.9 Å². The molecule has 3 unspecified atom stereocenters. The predicted molar refractivity (Wildman–Crippen MR) is 86.3 cm³/mol. The Labute approximate surface area is 130 Å². The molecule has 0 radical (unpaired) electrons. The zero-order valence-corrected chi connectivity index (χ0v) is 13.3. The first kappa shape index (κ1) is 14.8. The molecule has 1 aromatic rings. The minimum absolute atomic E-state index is 0.890. The first-order valence-electron chi connectivity index (χ1n) is 7.78. The third-order valence-corrected chi connectivity index (χ3v) is 5.96. The van der Waals surface area contributed by atoms with Crippen molar-refractivity contribution in [3.8, 4) is 0 Å². The SMILES string of the molecule is CN(Cc1ccc(C=CC(=O)O)s1)CC1CC2CCC1C2. The average molecular weight is 305 g/mol. The average Bonchev–Trinajstić information content (AvgIpc) is 3.12. The van der Waals surface area contributed by atoms with Gasteiger partial charge in [0.05, 0.1) is 0 Å². The maximum atomic E-state index is 10.5. The van der Waals surface area contributed by atoms with E-state index in [2.05, 4.69) is 18.0 Å². The molecule has 4 heteroatoms. The van der Waals surface area contributed by atoms with E-state index in [0.29, 0.717) is 0 Å². The summed E-state index contributed by atoms with van der Waals surface area (Å²) >= 11 is 1.68. The van der Waals surface area contributed by atoms with Crippen LogP contribution in [0.5, 0.6) is 0 Å². The van der Waals surface area contributed by atoms with Gasteiger partial charge in [-0.3, -0.25) is 0 Å². The lowest BCUT2D eigenvalue weighted by atomic mass is 9.88. The summed E-state index contributed by atoms with van der Waals surface area (Å²) in [5.41, 5.74) is 0. The second kappa shape index (κ2) is 6.32. The highest BCUT2D eigenvalue weighted by atomic mass is 32.1. The lowest BCUT2D eigenvalue weighted by molar-refractivity contribution is -0.131. The molecule has 1 N–H and O–H groups in total. The second-order valence-electron chi connectivity index (χ2n) is 6.61. The van der Waals surface area contributed by atoms with E-state index < -0.39 is 5.97 Å². The number of aliphatic carboxylic acids is 1. The molecule has 3 rings (SSSR count). The Bertz CT molecular complexity index is 537. The number of carbonyl (C=O) groups is 1. The Morgan fingerprint density at radius 2 is 2.29 bits per heavy atom. The van der Waals surface area contributed by atoms with Crippen molar-refractivity contribution in [1.29, 1.82) is 0 Å².